The molecule has 0 amide bonds. The van der Waals surface area contributed by atoms with Crippen LogP contribution in [0.25, 0.3) is 0 Å². The molecule has 0 unspecified atom stereocenters. The fraction of sp³-hybridized carbons (Fsp3) is 0.318. The maximum absolute atomic E-state index is 4.40. The van der Waals surface area contributed by atoms with Crippen LogP contribution in [0, 0.1) is 54.5 Å². The second-order valence-corrected chi connectivity index (χ2v) is 7.35. The Kier molecular flexibility index (Phi) is 10.2. The molecule has 10 radical (unpaired) electrons. The van der Waals surface area contributed by atoms with Crippen molar-refractivity contribution in [3.63, 3.8) is 0 Å². The summed E-state index contributed by atoms with van der Waals surface area (Å²) >= 11 is 1.82. The molecule has 25 heavy (non-hydrogen) atoms. The van der Waals surface area contributed by atoms with Gasteiger partial charge in [0, 0.05) is 10.6 Å². The van der Waals surface area contributed by atoms with Crippen LogP contribution in [-0.2, 0) is 17.1 Å². The topological polar surface area (TPSA) is 14.1 Å². The fourth-order valence-electron chi connectivity index (χ4n) is 2.68. The molecule has 132 valence electrons. The summed E-state index contributed by atoms with van der Waals surface area (Å²) < 4.78 is 0. The molecule has 0 aromatic heterocycles. The van der Waals surface area contributed by atoms with Gasteiger partial charge < -0.3 is 0 Å². The molecule has 3 rings (SSSR count). The normalized spacial score (nSPS) is 22.0. The van der Waals surface area contributed by atoms with Crippen LogP contribution in [0.1, 0.15) is 41.5 Å². The van der Waals surface area contributed by atoms with Gasteiger partial charge in [0.2, 0.25) is 0 Å². The monoisotopic (exact) mass is 393 g/mol. The summed E-state index contributed by atoms with van der Waals surface area (Å²) in [6.45, 7) is 13.0. The molecule has 1 aliphatic carbocycles. The molecule has 1 heterocycles. The molecule has 0 spiro atoms. The first kappa shape index (κ1) is 23.1. The van der Waals surface area contributed by atoms with E-state index in [2.05, 4.69) is 77.0 Å². The zero-order valence-corrected chi connectivity index (χ0v) is 17.9. The van der Waals surface area contributed by atoms with Crippen molar-refractivity contribution in [2.75, 3.05) is 5.75 Å². The molecule has 3 heteroatoms. The SMILES string of the molecule is C[C]1[CH][CH][C](CSc2ccccc2)[N]1.C[C]1[C](C)[C](C)[C](C)[C]1C.[Fe+2]. The van der Waals surface area contributed by atoms with Crippen LogP contribution in [0.4, 0.5) is 0 Å². The van der Waals surface area contributed by atoms with Gasteiger partial charge in [-0.1, -0.05) is 52.8 Å². The molecule has 0 N–H and O–H groups in total. The Bertz CT molecular complexity index is 435. The van der Waals surface area contributed by atoms with Crippen molar-refractivity contribution in [2.45, 2.75) is 46.4 Å². The van der Waals surface area contributed by atoms with E-state index in [0.717, 1.165) is 17.8 Å². The summed E-state index contributed by atoms with van der Waals surface area (Å²) in [5.41, 5.74) is 0. The van der Waals surface area contributed by atoms with Gasteiger partial charge in [0.25, 0.3) is 0 Å². The van der Waals surface area contributed by atoms with E-state index >= 15 is 0 Å². The van der Waals surface area contributed by atoms with Crippen LogP contribution in [0.15, 0.2) is 35.2 Å². The van der Waals surface area contributed by atoms with Gasteiger partial charge in [0.05, 0.1) is 12.1 Å². The number of benzene rings is 1. The fourth-order valence-corrected chi connectivity index (χ4v) is 3.50. The average molecular weight is 393 g/mol. The number of thioether (sulfide) groups is 1. The molecule has 1 aromatic carbocycles. The Morgan fingerprint density at radius 3 is 1.60 bits per heavy atom. The zero-order chi connectivity index (χ0) is 17.7. The van der Waals surface area contributed by atoms with E-state index in [9.17, 15) is 0 Å². The number of hydrogen-bond donors (Lipinski definition) is 0. The van der Waals surface area contributed by atoms with Crippen molar-refractivity contribution in [3.8, 4) is 0 Å². The smallest absolute Gasteiger partial charge is 0.223 e. The third-order valence-corrected chi connectivity index (χ3v) is 5.82. The molecular formula is C22H27FeNS+2. The van der Waals surface area contributed by atoms with Crippen molar-refractivity contribution in [3.05, 3.63) is 84.8 Å². The van der Waals surface area contributed by atoms with Crippen molar-refractivity contribution < 1.29 is 17.1 Å². The molecule has 1 aliphatic heterocycles. The van der Waals surface area contributed by atoms with E-state index in [1.54, 1.807) is 0 Å². The second kappa shape index (κ2) is 11.0. The van der Waals surface area contributed by atoms with Gasteiger partial charge in [0.15, 0.2) is 0 Å². The van der Waals surface area contributed by atoms with Crippen LogP contribution in [0.3, 0.4) is 0 Å². The number of hydrogen-bond acceptors (Lipinski definition) is 1. The zero-order valence-electron chi connectivity index (χ0n) is 16.0. The van der Waals surface area contributed by atoms with E-state index in [0.29, 0.717) is 0 Å². The number of rotatable bonds is 3. The Hall–Kier alpha value is 0.0495. The predicted octanol–water partition coefficient (Wildman–Crippen LogP) is 5.86. The van der Waals surface area contributed by atoms with E-state index in [1.807, 2.05) is 24.8 Å². The van der Waals surface area contributed by atoms with Gasteiger partial charge in [-0.2, -0.15) is 0 Å². The molecule has 2 fully saturated rings. The van der Waals surface area contributed by atoms with Crippen LogP contribution in [0.5, 0.6) is 0 Å². The minimum absolute atomic E-state index is 0. The summed E-state index contributed by atoms with van der Waals surface area (Å²) in [6, 6.07) is 12.7. The van der Waals surface area contributed by atoms with Crippen LogP contribution in [-0.4, -0.2) is 5.75 Å². The van der Waals surface area contributed by atoms with Crippen LogP contribution >= 0.6 is 11.8 Å². The molecule has 2 aliphatic rings. The molecule has 1 saturated carbocycles. The molecule has 1 saturated heterocycles. The number of nitrogens with zero attached hydrogens (tertiary/aromatic N) is 1. The van der Waals surface area contributed by atoms with Crippen LogP contribution < -0.4 is 5.32 Å². The van der Waals surface area contributed by atoms with Gasteiger partial charge in [-0.25, -0.2) is 5.32 Å². The molecular weight excluding hydrogens is 366 g/mol. The molecule has 1 nitrogen and oxygen atoms in total. The molecule has 0 atom stereocenters. The van der Waals surface area contributed by atoms with Gasteiger partial charge in [-0.3, -0.25) is 0 Å². The largest absolute Gasteiger partial charge is 2.00 e. The van der Waals surface area contributed by atoms with Crippen molar-refractivity contribution >= 4 is 11.8 Å². The van der Waals surface area contributed by atoms with Gasteiger partial charge in [-0.05, 0) is 61.5 Å². The first-order chi connectivity index (χ1) is 11.4. The molecule has 1 aromatic rings. The minimum atomic E-state index is 0. The second-order valence-electron chi connectivity index (χ2n) is 6.30. The maximum Gasteiger partial charge on any atom is 2.00 e. The Labute approximate surface area is 171 Å². The van der Waals surface area contributed by atoms with Crippen molar-refractivity contribution in [1.82, 2.24) is 5.32 Å². The van der Waals surface area contributed by atoms with Crippen molar-refractivity contribution in [2.24, 2.45) is 0 Å². The van der Waals surface area contributed by atoms with E-state index in [1.165, 1.54) is 34.5 Å². The summed E-state index contributed by atoms with van der Waals surface area (Å²) in [5, 5.41) is 4.40. The average Bonchev–Trinajstić information content (AvgIpc) is 3.09. The summed E-state index contributed by atoms with van der Waals surface area (Å²) in [7, 11) is 0. The summed E-state index contributed by atoms with van der Waals surface area (Å²) in [5.74, 6) is 8.29. The van der Waals surface area contributed by atoms with Gasteiger partial charge in [0.1, 0.15) is 0 Å². The standard InChI is InChI=1S/C12H12NS.C10H15.Fe/c1-10-7-8-11(13-10)9-14-12-5-3-2-4-6-12;1-6-7(2)9(4)10(5)8(6)3;/h2-8H,9H2,1H3;1-5H3;/q;;+2. The predicted molar refractivity (Wildman–Crippen MR) is 105 cm³/mol. The van der Waals surface area contributed by atoms with Crippen molar-refractivity contribution in [1.29, 1.82) is 0 Å². The summed E-state index contributed by atoms with van der Waals surface area (Å²) in [6.07, 6.45) is 4.14. The third-order valence-electron chi connectivity index (χ3n) is 4.78. The Morgan fingerprint density at radius 2 is 1.20 bits per heavy atom. The van der Waals surface area contributed by atoms with Gasteiger partial charge in [-0.15, -0.1) is 11.8 Å². The van der Waals surface area contributed by atoms with Gasteiger partial charge >= 0.3 is 17.1 Å². The first-order valence-corrected chi connectivity index (χ1v) is 9.35. The van der Waals surface area contributed by atoms with E-state index in [4.69, 9.17) is 0 Å². The minimum Gasteiger partial charge on any atom is -0.223 e. The summed E-state index contributed by atoms with van der Waals surface area (Å²) in [4.78, 5) is 1.30. The molecule has 0 bridgehead atoms. The van der Waals surface area contributed by atoms with Crippen LogP contribution in [0.2, 0.25) is 0 Å². The maximum atomic E-state index is 4.40. The first-order valence-electron chi connectivity index (χ1n) is 8.36. The Morgan fingerprint density at radius 1 is 0.720 bits per heavy atom. The van der Waals surface area contributed by atoms with E-state index in [-0.39, 0.29) is 17.1 Å². The van der Waals surface area contributed by atoms with E-state index < -0.39 is 0 Å². The quantitative estimate of drug-likeness (QED) is 0.464. The third kappa shape index (κ3) is 6.61. The Balaban J connectivity index is 0.000000254.